The van der Waals surface area contributed by atoms with E-state index >= 15 is 0 Å². The van der Waals surface area contributed by atoms with Crippen molar-refractivity contribution in [3.05, 3.63) is 47.8 Å². The number of nitrogens with one attached hydrogen (secondary N) is 2. The normalized spacial score (nSPS) is 10.3. The molecule has 26 heavy (non-hydrogen) atoms. The van der Waals surface area contributed by atoms with Crippen molar-refractivity contribution in [3.8, 4) is 11.5 Å². The summed E-state index contributed by atoms with van der Waals surface area (Å²) in [7, 11) is 4.85. The fraction of sp³-hybridized carbons (Fsp3) is 0.368. The molecule has 1 aromatic carbocycles. The van der Waals surface area contributed by atoms with E-state index in [-0.39, 0.29) is 5.91 Å². The lowest BCUT2D eigenvalue weighted by molar-refractivity contribution is 0.0948. The molecule has 1 amide bonds. The fourth-order valence-electron chi connectivity index (χ4n) is 2.38. The molecular weight excluding hydrogens is 334 g/mol. The van der Waals surface area contributed by atoms with Crippen molar-refractivity contribution in [2.45, 2.75) is 13.0 Å². The Balaban J connectivity index is 1.95. The maximum absolute atomic E-state index is 12.1. The van der Waals surface area contributed by atoms with Crippen LogP contribution in [0.15, 0.2) is 36.7 Å². The molecule has 2 rings (SSSR count). The van der Waals surface area contributed by atoms with E-state index in [0.717, 1.165) is 17.7 Å². The first kappa shape index (κ1) is 19.5. The van der Waals surface area contributed by atoms with E-state index in [1.54, 1.807) is 39.8 Å². The molecule has 2 aromatic rings. The van der Waals surface area contributed by atoms with Gasteiger partial charge < -0.3 is 24.8 Å². The van der Waals surface area contributed by atoms with Crippen molar-refractivity contribution in [1.29, 1.82) is 0 Å². The Labute approximate surface area is 153 Å². The monoisotopic (exact) mass is 359 g/mol. The molecule has 0 aliphatic heterocycles. The minimum absolute atomic E-state index is 0.150. The number of amides is 1. The van der Waals surface area contributed by atoms with E-state index in [1.807, 2.05) is 18.2 Å². The third-order valence-corrected chi connectivity index (χ3v) is 3.76. The third kappa shape index (κ3) is 5.63. The smallest absolute Gasteiger partial charge is 0.252 e. The fourth-order valence-corrected chi connectivity index (χ4v) is 2.38. The predicted octanol–water partition coefficient (Wildman–Crippen LogP) is 2.48. The highest BCUT2D eigenvalue weighted by Crippen LogP contribution is 2.27. The van der Waals surface area contributed by atoms with Crippen LogP contribution in [0.1, 0.15) is 22.3 Å². The third-order valence-electron chi connectivity index (χ3n) is 3.76. The summed E-state index contributed by atoms with van der Waals surface area (Å²) in [5.41, 5.74) is 2.31. The van der Waals surface area contributed by atoms with Crippen LogP contribution in [0.25, 0.3) is 0 Å². The van der Waals surface area contributed by atoms with Gasteiger partial charge in [0.2, 0.25) is 0 Å². The number of benzene rings is 1. The molecule has 0 fully saturated rings. The SMILES string of the molecule is COCCCNC(=O)c1cncc(NCc2ccc(OC)c(OC)c2)c1. The average molecular weight is 359 g/mol. The Kier molecular flexibility index (Phi) is 7.70. The molecule has 0 saturated heterocycles. The van der Waals surface area contributed by atoms with Crippen LogP contribution in [0, 0.1) is 0 Å². The molecule has 1 heterocycles. The molecule has 7 nitrogen and oxygen atoms in total. The Hall–Kier alpha value is -2.80. The molecule has 0 atom stereocenters. The highest BCUT2D eigenvalue weighted by molar-refractivity contribution is 5.94. The standard InChI is InChI=1S/C19H25N3O4/c1-24-8-4-7-21-19(23)15-10-16(13-20-12-15)22-11-14-5-6-17(25-2)18(9-14)26-3/h5-6,9-10,12-13,22H,4,7-8,11H2,1-3H3,(H,21,23). The van der Waals surface area contributed by atoms with E-state index in [2.05, 4.69) is 15.6 Å². The van der Waals surface area contributed by atoms with Gasteiger partial charge in [0.05, 0.1) is 25.5 Å². The molecule has 7 heteroatoms. The quantitative estimate of drug-likeness (QED) is 0.634. The maximum Gasteiger partial charge on any atom is 0.252 e. The molecule has 2 N–H and O–H groups in total. The summed E-state index contributed by atoms with van der Waals surface area (Å²) in [5, 5.41) is 6.11. The van der Waals surface area contributed by atoms with Crippen LogP contribution in [0.3, 0.4) is 0 Å². The number of anilines is 1. The molecule has 0 spiro atoms. The zero-order chi connectivity index (χ0) is 18.8. The van der Waals surface area contributed by atoms with Crippen molar-refractivity contribution in [2.24, 2.45) is 0 Å². The molecule has 0 radical (unpaired) electrons. The summed E-state index contributed by atoms with van der Waals surface area (Å²) in [5.74, 6) is 1.21. The molecule has 0 bridgehead atoms. The summed E-state index contributed by atoms with van der Waals surface area (Å²) in [6, 6.07) is 7.50. The van der Waals surface area contributed by atoms with E-state index in [9.17, 15) is 4.79 Å². The minimum Gasteiger partial charge on any atom is -0.493 e. The second kappa shape index (κ2) is 10.2. The summed E-state index contributed by atoms with van der Waals surface area (Å²) in [4.78, 5) is 16.3. The molecule has 140 valence electrons. The van der Waals surface area contributed by atoms with Gasteiger partial charge in [0.1, 0.15) is 0 Å². The Morgan fingerprint density at radius 2 is 1.88 bits per heavy atom. The first-order valence-electron chi connectivity index (χ1n) is 8.35. The first-order chi connectivity index (χ1) is 12.7. The van der Waals surface area contributed by atoms with Crippen molar-refractivity contribution in [2.75, 3.05) is 39.8 Å². The van der Waals surface area contributed by atoms with E-state index in [0.29, 0.717) is 36.8 Å². The van der Waals surface area contributed by atoms with Gasteiger partial charge in [-0.25, -0.2) is 0 Å². The van der Waals surface area contributed by atoms with Crippen molar-refractivity contribution >= 4 is 11.6 Å². The number of carbonyl (C=O) groups is 1. The molecule has 0 aliphatic rings. The second-order valence-electron chi connectivity index (χ2n) is 5.61. The van der Waals surface area contributed by atoms with Gasteiger partial charge in [-0.1, -0.05) is 6.07 Å². The number of hydrogen-bond donors (Lipinski definition) is 2. The van der Waals surface area contributed by atoms with E-state index < -0.39 is 0 Å². The molecule has 1 aromatic heterocycles. The van der Waals surface area contributed by atoms with Gasteiger partial charge in [0, 0.05) is 39.2 Å². The van der Waals surface area contributed by atoms with Crippen molar-refractivity contribution in [3.63, 3.8) is 0 Å². The average Bonchev–Trinajstić information content (AvgIpc) is 2.69. The molecule has 0 saturated carbocycles. The summed E-state index contributed by atoms with van der Waals surface area (Å²) in [6.07, 6.45) is 4.00. The number of ether oxygens (including phenoxy) is 3. The lowest BCUT2D eigenvalue weighted by atomic mass is 10.2. The van der Waals surface area contributed by atoms with Crippen LogP contribution in [0.4, 0.5) is 5.69 Å². The van der Waals surface area contributed by atoms with Crippen LogP contribution in [-0.4, -0.2) is 45.4 Å². The topological polar surface area (TPSA) is 81.7 Å². The van der Waals surface area contributed by atoms with E-state index in [1.165, 1.54) is 0 Å². The zero-order valence-electron chi connectivity index (χ0n) is 15.4. The van der Waals surface area contributed by atoms with Crippen LogP contribution >= 0.6 is 0 Å². The van der Waals surface area contributed by atoms with Gasteiger partial charge >= 0.3 is 0 Å². The lowest BCUT2D eigenvalue weighted by Crippen LogP contribution is -2.25. The first-order valence-corrected chi connectivity index (χ1v) is 8.35. The van der Waals surface area contributed by atoms with E-state index in [4.69, 9.17) is 14.2 Å². The Bertz CT molecular complexity index is 722. The number of aromatic nitrogens is 1. The molecule has 0 aliphatic carbocycles. The van der Waals surface area contributed by atoms with Gasteiger partial charge in [0.25, 0.3) is 5.91 Å². The Morgan fingerprint density at radius 1 is 1.08 bits per heavy atom. The van der Waals surface area contributed by atoms with Gasteiger partial charge in [-0.3, -0.25) is 9.78 Å². The zero-order valence-corrected chi connectivity index (χ0v) is 15.4. The number of methoxy groups -OCH3 is 3. The lowest BCUT2D eigenvalue weighted by Gasteiger charge is -2.11. The van der Waals surface area contributed by atoms with Crippen LogP contribution in [-0.2, 0) is 11.3 Å². The second-order valence-corrected chi connectivity index (χ2v) is 5.61. The Morgan fingerprint density at radius 3 is 2.62 bits per heavy atom. The molecule has 0 unspecified atom stereocenters. The van der Waals surface area contributed by atoms with Gasteiger partial charge in [-0.2, -0.15) is 0 Å². The number of hydrogen-bond acceptors (Lipinski definition) is 6. The summed E-state index contributed by atoms with van der Waals surface area (Å²) in [6.45, 7) is 1.75. The highest BCUT2D eigenvalue weighted by atomic mass is 16.5. The van der Waals surface area contributed by atoms with Gasteiger partial charge in [-0.05, 0) is 30.2 Å². The van der Waals surface area contributed by atoms with Crippen LogP contribution in [0.5, 0.6) is 11.5 Å². The number of pyridine rings is 1. The summed E-state index contributed by atoms with van der Waals surface area (Å²) >= 11 is 0. The van der Waals surface area contributed by atoms with Gasteiger partial charge in [0.15, 0.2) is 11.5 Å². The highest BCUT2D eigenvalue weighted by Gasteiger charge is 2.08. The number of rotatable bonds is 10. The maximum atomic E-state index is 12.1. The predicted molar refractivity (Wildman–Crippen MR) is 99.9 cm³/mol. The van der Waals surface area contributed by atoms with Crippen molar-refractivity contribution < 1.29 is 19.0 Å². The molecular formula is C19H25N3O4. The number of nitrogens with zero attached hydrogens (tertiary/aromatic N) is 1. The van der Waals surface area contributed by atoms with Crippen molar-refractivity contribution in [1.82, 2.24) is 10.3 Å². The number of carbonyl (C=O) groups excluding carboxylic acids is 1. The minimum atomic E-state index is -0.150. The van der Waals surface area contributed by atoms with Crippen LogP contribution in [0.2, 0.25) is 0 Å². The largest absolute Gasteiger partial charge is 0.493 e. The summed E-state index contributed by atoms with van der Waals surface area (Å²) < 4.78 is 15.5. The van der Waals surface area contributed by atoms with Gasteiger partial charge in [-0.15, -0.1) is 0 Å². The van der Waals surface area contributed by atoms with Crippen LogP contribution < -0.4 is 20.1 Å².